The number of aromatic nitrogens is 2. The Morgan fingerprint density at radius 3 is 2.47 bits per heavy atom. The van der Waals surface area contributed by atoms with Gasteiger partial charge in [-0.15, -0.1) is 0 Å². The maximum absolute atomic E-state index is 5.96. The molecule has 2 N–H and O–H groups in total. The predicted octanol–water partition coefficient (Wildman–Crippen LogP) is 1.99. The monoisotopic (exact) mass is 260 g/mol. The highest BCUT2D eigenvalue weighted by Gasteiger charge is 2.36. The van der Waals surface area contributed by atoms with Crippen LogP contribution in [0.15, 0.2) is 12.4 Å². The van der Waals surface area contributed by atoms with Gasteiger partial charge in [-0.25, -0.2) is 9.97 Å². The minimum atomic E-state index is 0.223. The van der Waals surface area contributed by atoms with Gasteiger partial charge in [-0.2, -0.15) is 0 Å². The summed E-state index contributed by atoms with van der Waals surface area (Å²) in [5.41, 5.74) is 7.11. The first-order chi connectivity index (χ1) is 9.26. The summed E-state index contributed by atoms with van der Waals surface area (Å²) in [6.07, 6.45) is 9.98. The van der Waals surface area contributed by atoms with Gasteiger partial charge in [-0.05, 0) is 43.1 Å². The van der Waals surface area contributed by atoms with Crippen molar-refractivity contribution in [3.05, 3.63) is 18.0 Å². The van der Waals surface area contributed by atoms with Crippen molar-refractivity contribution in [3.63, 3.8) is 0 Å². The van der Waals surface area contributed by atoms with Gasteiger partial charge in [0.2, 0.25) is 5.95 Å². The Kier molecular flexibility index (Phi) is 3.69. The zero-order valence-electron chi connectivity index (χ0n) is 11.8. The van der Waals surface area contributed by atoms with E-state index < -0.39 is 0 Å². The van der Waals surface area contributed by atoms with E-state index in [1.807, 2.05) is 12.4 Å². The molecule has 1 aliphatic heterocycles. The normalized spacial score (nSPS) is 27.6. The Morgan fingerprint density at radius 2 is 1.89 bits per heavy atom. The van der Waals surface area contributed by atoms with Crippen molar-refractivity contribution in [2.75, 3.05) is 18.0 Å². The first-order valence-electron chi connectivity index (χ1n) is 7.57. The van der Waals surface area contributed by atoms with Crippen LogP contribution in [0.1, 0.15) is 38.2 Å². The molecule has 0 spiro atoms. The van der Waals surface area contributed by atoms with E-state index in [2.05, 4.69) is 21.8 Å². The number of anilines is 1. The van der Waals surface area contributed by atoms with Crippen LogP contribution in [0.5, 0.6) is 0 Å². The molecule has 104 valence electrons. The van der Waals surface area contributed by atoms with Gasteiger partial charge in [-0.1, -0.05) is 13.3 Å². The summed E-state index contributed by atoms with van der Waals surface area (Å²) >= 11 is 0. The van der Waals surface area contributed by atoms with Gasteiger partial charge >= 0.3 is 0 Å². The van der Waals surface area contributed by atoms with Crippen LogP contribution in [0.4, 0.5) is 5.95 Å². The number of nitrogens with two attached hydrogens (primary N) is 1. The van der Waals surface area contributed by atoms with Crippen LogP contribution >= 0.6 is 0 Å². The van der Waals surface area contributed by atoms with Crippen LogP contribution < -0.4 is 10.6 Å². The average Bonchev–Trinajstić information content (AvgIpc) is 3.00. The molecule has 1 aliphatic carbocycles. The molecule has 2 heterocycles. The van der Waals surface area contributed by atoms with E-state index in [1.165, 1.54) is 19.3 Å². The molecule has 3 unspecified atom stereocenters. The van der Waals surface area contributed by atoms with Crippen molar-refractivity contribution < 1.29 is 0 Å². The van der Waals surface area contributed by atoms with E-state index in [0.717, 1.165) is 49.3 Å². The number of hydrogen-bond acceptors (Lipinski definition) is 4. The van der Waals surface area contributed by atoms with E-state index in [1.54, 1.807) is 0 Å². The van der Waals surface area contributed by atoms with Gasteiger partial charge in [0.05, 0.1) is 0 Å². The Hall–Kier alpha value is -1.16. The molecule has 1 saturated carbocycles. The molecule has 3 rings (SSSR count). The summed E-state index contributed by atoms with van der Waals surface area (Å²) in [5.74, 6) is 2.68. The summed E-state index contributed by atoms with van der Waals surface area (Å²) in [7, 11) is 0. The zero-order valence-corrected chi connectivity index (χ0v) is 11.8. The van der Waals surface area contributed by atoms with Crippen molar-refractivity contribution in [1.82, 2.24) is 9.97 Å². The lowest BCUT2D eigenvalue weighted by atomic mass is 10.0. The van der Waals surface area contributed by atoms with E-state index in [0.29, 0.717) is 0 Å². The molecule has 2 fully saturated rings. The third-order valence-electron chi connectivity index (χ3n) is 4.72. The smallest absolute Gasteiger partial charge is 0.225 e. The molecular weight excluding hydrogens is 236 g/mol. The minimum absolute atomic E-state index is 0.223. The highest BCUT2D eigenvalue weighted by atomic mass is 15.3. The highest BCUT2D eigenvalue weighted by molar-refractivity contribution is 5.32. The number of nitrogens with zero attached hydrogens (tertiary/aromatic N) is 3. The van der Waals surface area contributed by atoms with Gasteiger partial charge in [0.15, 0.2) is 0 Å². The number of hydrogen-bond donors (Lipinski definition) is 1. The molecule has 4 nitrogen and oxygen atoms in total. The molecule has 1 aromatic rings. The highest BCUT2D eigenvalue weighted by Crippen LogP contribution is 2.38. The lowest BCUT2D eigenvalue weighted by Gasteiger charge is -2.17. The molecule has 19 heavy (non-hydrogen) atoms. The third kappa shape index (κ3) is 2.73. The van der Waals surface area contributed by atoms with Crippen LogP contribution in [0, 0.1) is 11.8 Å². The van der Waals surface area contributed by atoms with Crippen molar-refractivity contribution in [3.8, 4) is 0 Å². The summed E-state index contributed by atoms with van der Waals surface area (Å²) in [5, 5.41) is 0. The largest absolute Gasteiger partial charge is 0.340 e. The number of fused-ring (bicyclic) bond motifs is 1. The summed E-state index contributed by atoms with van der Waals surface area (Å²) in [4.78, 5) is 11.4. The fourth-order valence-electron chi connectivity index (χ4n) is 3.46. The molecule has 2 aliphatic rings. The van der Waals surface area contributed by atoms with E-state index in [4.69, 9.17) is 5.73 Å². The van der Waals surface area contributed by atoms with Gasteiger partial charge in [-0.3, -0.25) is 0 Å². The van der Waals surface area contributed by atoms with Gasteiger partial charge < -0.3 is 10.6 Å². The lowest BCUT2D eigenvalue weighted by Crippen LogP contribution is -2.24. The fraction of sp³-hybridized carbons (Fsp3) is 0.733. The third-order valence-corrected chi connectivity index (χ3v) is 4.72. The Balaban J connectivity index is 1.63. The minimum Gasteiger partial charge on any atom is -0.340 e. The van der Waals surface area contributed by atoms with E-state index in [-0.39, 0.29) is 6.04 Å². The SMILES string of the molecule is CCC(N)Cc1cnc(N2CC3CCCC3C2)nc1. The average molecular weight is 260 g/mol. The van der Waals surface area contributed by atoms with Crippen molar-refractivity contribution >= 4 is 5.95 Å². The molecule has 0 bridgehead atoms. The molecule has 0 aromatic carbocycles. The van der Waals surface area contributed by atoms with E-state index >= 15 is 0 Å². The van der Waals surface area contributed by atoms with Gasteiger partial charge in [0.25, 0.3) is 0 Å². The molecule has 1 saturated heterocycles. The quantitative estimate of drug-likeness (QED) is 0.899. The van der Waals surface area contributed by atoms with Crippen LogP contribution in [0.2, 0.25) is 0 Å². The first kappa shape index (κ1) is 12.9. The van der Waals surface area contributed by atoms with Crippen molar-refractivity contribution in [2.24, 2.45) is 17.6 Å². The second-order valence-corrected chi connectivity index (χ2v) is 6.12. The Morgan fingerprint density at radius 1 is 1.26 bits per heavy atom. The Labute approximate surface area is 115 Å². The fourth-order valence-corrected chi connectivity index (χ4v) is 3.46. The van der Waals surface area contributed by atoms with Crippen LogP contribution in [0.25, 0.3) is 0 Å². The maximum Gasteiger partial charge on any atom is 0.225 e. The summed E-state index contributed by atoms with van der Waals surface area (Å²) in [6.45, 7) is 4.42. The van der Waals surface area contributed by atoms with Gasteiger partial charge in [0, 0.05) is 31.5 Å². The number of rotatable bonds is 4. The molecule has 1 aromatic heterocycles. The summed E-state index contributed by atoms with van der Waals surface area (Å²) < 4.78 is 0. The predicted molar refractivity (Wildman–Crippen MR) is 77.0 cm³/mol. The first-order valence-corrected chi connectivity index (χ1v) is 7.57. The molecular formula is C15H24N4. The molecule has 4 heteroatoms. The topological polar surface area (TPSA) is 55.0 Å². The standard InChI is InChI=1S/C15H24N4/c1-2-14(16)6-11-7-17-15(18-8-11)19-9-12-4-3-5-13(12)10-19/h7-8,12-14H,2-6,9-10,16H2,1H3. The zero-order chi connectivity index (χ0) is 13.2. The maximum atomic E-state index is 5.96. The lowest BCUT2D eigenvalue weighted by molar-refractivity contribution is 0.494. The van der Waals surface area contributed by atoms with E-state index in [9.17, 15) is 0 Å². The molecule has 3 atom stereocenters. The molecule has 0 radical (unpaired) electrons. The van der Waals surface area contributed by atoms with Crippen LogP contribution in [-0.4, -0.2) is 29.1 Å². The van der Waals surface area contributed by atoms with Gasteiger partial charge in [0.1, 0.15) is 0 Å². The van der Waals surface area contributed by atoms with Crippen molar-refractivity contribution in [2.45, 2.75) is 45.1 Å². The molecule has 0 amide bonds. The second kappa shape index (κ2) is 5.45. The van der Waals surface area contributed by atoms with Crippen molar-refractivity contribution in [1.29, 1.82) is 0 Å². The van der Waals surface area contributed by atoms with Crippen LogP contribution in [0.3, 0.4) is 0 Å². The Bertz CT molecular complexity index is 405. The van der Waals surface area contributed by atoms with Crippen LogP contribution in [-0.2, 0) is 6.42 Å². The second-order valence-electron chi connectivity index (χ2n) is 6.12. The summed E-state index contributed by atoms with van der Waals surface area (Å²) in [6, 6.07) is 0.223.